The van der Waals surface area contributed by atoms with E-state index in [1.165, 1.54) is 25.9 Å². The van der Waals surface area contributed by atoms with Gasteiger partial charge in [0.1, 0.15) is 11.9 Å². The Labute approximate surface area is 115 Å². The van der Waals surface area contributed by atoms with Crippen molar-refractivity contribution in [1.29, 1.82) is 5.26 Å². The van der Waals surface area contributed by atoms with Crippen molar-refractivity contribution in [1.82, 2.24) is 9.88 Å². The lowest BCUT2D eigenvalue weighted by atomic mass is 10.1. The summed E-state index contributed by atoms with van der Waals surface area (Å²) in [5.41, 5.74) is 2.63. The molecule has 0 spiro atoms. The maximum atomic E-state index is 9.18. The van der Waals surface area contributed by atoms with E-state index in [-0.39, 0.29) is 0 Å². The molecule has 4 heteroatoms. The molecule has 4 nitrogen and oxygen atoms in total. The minimum Gasteiger partial charge on any atom is -0.369 e. The molecule has 102 valence electrons. The van der Waals surface area contributed by atoms with E-state index in [0.29, 0.717) is 5.56 Å². The van der Waals surface area contributed by atoms with Crippen molar-refractivity contribution < 1.29 is 0 Å². The van der Waals surface area contributed by atoms with Crippen molar-refractivity contribution in [2.75, 3.05) is 31.5 Å². The molecule has 0 aromatic carbocycles. The molecule has 0 atom stereocenters. The van der Waals surface area contributed by atoms with Crippen LogP contribution in [0.4, 0.5) is 5.82 Å². The third kappa shape index (κ3) is 3.68. The van der Waals surface area contributed by atoms with Crippen LogP contribution >= 0.6 is 0 Å². The summed E-state index contributed by atoms with van der Waals surface area (Å²) in [5.74, 6) is 0.737. The van der Waals surface area contributed by atoms with Crippen molar-refractivity contribution in [2.45, 2.75) is 33.1 Å². The average molecular weight is 258 g/mol. The van der Waals surface area contributed by atoms with E-state index < -0.39 is 0 Å². The lowest BCUT2D eigenvalue weighted by molar-refractivity contribution is 0.337. The van der Waals surface area contributed by atoms with Gasteiger partial charge in [-0.1, -0.05) is 0 Å². The smallest absolute Gasteiger partial charge is 0.144 e. The van der Waals surface area contributed by atoms with Gasteiger partial charge in [0.05, 0.1) is 5.56 Å². The Morgan fingerprint density at radius 1 is 1.37 bits per heavy atom. The van der Waals surface area contributed by atoms with Gasteiger partial charge in [0.25, 0.3) is 0 Å². The van der Waals surface area contributed by atoms with Crippen LogP contribution in [0.1, 0.15) is 36.1 Å². The number of nitrogens with zero attached hydrogens (tertiary/aromatic N) is 3. The Balaban J connectivity index is 1.86. The lowest BCUT2D eigenvalue weighted by Gasteiger charge is -2.15. The predicted octanol–water partition coefficient (Wildman–Crippen LogP) is 2.47. The topological polar surface area (TPSA) is 52.0 Å². The first-order valence-electron chi connectivity index (χ1n) is 7.05. The predicted molar refractivity (Wildman–Crippen MR) is 77.2 cm³/mol. The Morgan fingerprint density at radius 3 is 2.79 bits per heavy atom. The average Bonchev–Trinajstić information content (AvgIpc) is 2.87. The summed E-state index contributed by atoms with van der Waals surface area (Å²) in [6, 6.07) is 4.19. The second-order valence-corrected chi connectivity index (χ2v) is 5.25. The number of pyridine rings is 1. The minimum absolute atomic E-state index is 0.673. The SMILES string of the molecule is Cc1cc(C)c(C#N)c(NCCCN2CCCC2)n1. The fourth-order valence-electron chi connectivity index (χ4n) is 2.62. The summed E-state index contributed by atoms with van der Waals surface area (Å²) < 4.78 is 0. The van der Waals surface area contributed by atoms with E-state index in [4.69, 9.17) is 0 Å². The van der Waals surface area contributed by atoms with E-state index in [9.17, 15) is 5.26 Å². The van der Waals surface area contributed by atoms with Gasteiger partial charge in [-0.05, 0) is 64.4 Å². The summed E-state index contributed by atoms with van der Waals surface area (Å²) in [4.78, 5) is 6.93. The largest absolute Gasteiger partial charge is 0.369 e. The Hall–Kier alpha value is -1.60. The highest BCUT2D eigenvalue weighted by Crippen LogP contribution is 2.17. The van der Waals surface area contributed by atoms with Crippen molar-refractivity contribution in [2.24, 2.45) is 0 Å². The Kier molecular flexibility index (Phi) is 4.75. The molecule has 1 aromatic rings. The van der Waals surface area contributed by atoms with Crippen LogP contribution in [0, 0.1) is 25.2 Å². The molecule has 1 aromatic heterocycles. The van der Waals surface area contributed by atoms with Gasteiger partial charge in [-0.25, -0.2) is 4.98 Å². The zero-order valence-corrected chi connectivity index (χ0v) is 11.9. The summed E-state index contributed by atoms with van der Waals surface area (Å²) in [5, 5.41) is 12.5. The second kappa shape index (κ2) is 6.53. The molecule has 0 saturated carbocycles. The molecule has 2 rings (SSSR count). The van der Waals surface area contributed by atoms with E-state index >= 15 is 0 Å². The molecule has 0 amide bonds. The highest BCUT2D eigenvalue weighted by molar-refractivity contribution is 5.56. The standard InChI is InChI=1S/C15H22N4/c1-12-10-13(2)18-15(14(12)11-16)17-6-5-9-19-7-3-4-8-19/h10H,3-9H2,1-2H3,(H,17,18). The first-order valence-corrected chi connectivity index (χ1v) is 7.05. The molecule has 1 saturated heterocycles. The summed E-state index contributed by atoms with van der Waals surface area (Å²) in [6.07, 6.45) is 3.77. The molecule has 1 N–H and O–H groups in total. The van der Waals surface area contributed by atoms with Crippen molar-refractivity contribution in [3.8, 4) is 6.07 Å². The molecule has 1 fully saturated rings. The number of aromatic nitrogens is 1. The highest BCUT2D eigenvalue weighted by atomic mass is 15.1. The van der Waals surface area contributed by atoms with Gasteiger partial charge in [0, 0.05) is 12.2 Å². The maximum absolute atomic E-state index is 9.18. The molecule has 1 aliphatic heterocycles. The molecule has 0 radical (unpaired) electrons. The zero-order valence-electron chi connectivity index (χ0n) is 11.9. The molecule has 19 heavy (non-hydrogen) atoms. The van der Waals surface area contributed by atoms with E-state index in [0.717, 1.165) is 36.6 Å². The number of likely N-dealkylation sites (tertiary alicyclic amines) is 1. The van der Waals surface area contributed by atoms with Crippen molar-refractivity contribution >= 4 is 5.82 Å². The lowest BCUT2D eigenvalue weighted by Crippen LogP contribution is -2.22. The quantitative estimate of drug-likeness (QED) is 0.824. The molecular formula is C15H22N4. The first-order chi connectivity index (χ1) is 9.20. The Bertz CT molecular complexity index is 470. The number of aryl methyl sites for hydroxylation is 2. The fraction of sp³-hybridized carbons (Fsp3) is 0.600. The zero-order chi connectivity index (χ0) is 13.7. The van der Waals surface area contributed by atoms with E-state index in [2.05, 4.69) is 21.3 Å². The van der Waals surface area contributed by atoms with Gasteiger partial charge in [0.15, 0.2) is 0 Å². The van der Waals surface area contributed by atoms with Crippen LogP contribution in [0.5, 0.6) is 0 Å². The van der Waals surface area contributed by atoms with Crippen LogP contribution in [0.25, 0.3) is 0 Å². The van der Waals surface area contributed by atoms with Crippen molar-refractivity contribution in [3.63, 3.8) is 0 Å². The Morgan fingerprint density at radius 2 is 2.11 bits per heavy atom. The molecular weight excluding hydrogens is 236 g/mol. The van der Waals surface area contributed by atoms with Gasteiger partial charge < -0.3 is 10.2 Å². The van der Waals surface area contributed by atoms with Crippen LogP contribution < -0.4 is 5.32 Å². The summed E-state index contributed by atoms with van der Waals surface area (Å²) in [7, 11) is 0. The number of anilines is 1. The number of nitrogens with one attached hydrogen (secondary N) is 1. The molecule has 2 heterocycles. The van der Waals surface area contributed by atoms with E-state index in [1.807, 2.05) is 19.9 Å². The van der Waals surface area contributed by atoms with Gasteiger partial charge in [-0.2, -0.15) is 5.26 Å². The highest BCUT2D eigenvalue weighted by Gasteiger charge is 2.11. The van der Waals surface area contributed by atoms with Gasteiger partial charge in [-0.15, -0.1) is 0 Å². The number of hydrogen-bond acceptors (Lipinski definition) is 4. The number of hydrogen-bond donors (Lipinski definition) is 1. The molecule has 0 aliphatic carbocycles. The van der Waals surface area contributed by atoms with E-state index in [1.54, 1.807) is 0 Å². The summed E-state index contributed by atoms with van der Waals surface area (Å²) >= 11 is 0. The second-order valence-electron chi connectivity index (χ2n) is 5.25. The van der Waals surface area contributed by atoms with Gasteiger partial charge in [0.2, 0.25) is 0 Å². The van der Waals surface area contributed by atoms with Crippen LogP contribution in [-0.4, -0.2) is 36.1 Å². The molecule has 1 aliphatic rings. The van der Waals surface area contributed by atoms with Gasteiger partial charge >= 0.3 is 0 Å². The fourth-order valence-corrected chi connectivity index (χ4v) is 2.62. The molecule has 0 bridgehead atoms. The number of rotatable bonds is 5. The van der Waals surface area contributed by atoms with Crippen LogP contribution in [0.15, 0.2) is 6.07 Å². The van der Waals surface area contributed by atoms with Crippen LogP contribution in [0.3, 0.4) is 0 Å². The third-order valence-electron chi connectivity index (χ3n) is 3.60. The minimum atomic E-state index is 0.673. The summed E-state index contributed by atoms with van der Waals surface area (Å²) in [6.45, 7) is 8.42. The monoisotopic (exact) mass is 258 g/mol. The molecule has 0 unspecified atom stereocenters. The van der Waals surface area contributed by atoms with Crippen molar-refractivity contribution in [3.05, 3.63) is 22.9 Å². The van der Waals surface area contributed by atoms with Crippen LogP contribution in [-0.2, 0) is 0 Å². The first kappa shape index (κ1) is 13.8. The maximum Gasteiger partial charge on any atom is 0.144 e. The van der Waals surface area contributed by atoms with Crippen LogP contribution in [0.2, 0.25) is 0 Å². The van der Waals surface area contributed by atoms with Gasteiger partial charge in [-0.3, -0.25) is 0 Å². The number of nitriles is 1. The third-order valence-corrected chi connectivity index (χ3v) is 3.60. The normalized spacial score (nSPS) is 15.4.